The van der Waals surface area contributed by atoms with E-state index in [1.165, 1.54) is 0 Å². The molecule has 0 bridgehead atoms. The molecule has 0 atom stereocenters. The summed E-state index contributed by atoms with van der Waals surface area (Å²) in [6, 6.07) is 7.60. The number of ether oxygens (including phenoxy) is 3. The maximum atomic E-state index is 11.0. The van der Waals surface area contributed by atoms with Gasteiger partial charge in [-0.25, -0.2) is 0 Å². The molecule has 0 heterocycles. The van der Waals surface area contributed by atoms with Crippen molar-refractivity contribution in [2.75, 3.05) is 27.1 Å². The summed E-state index contributed by atoms with van der Waals surface area (Å²) in [6.45, 7) is 5.49. The van der Waals surface area contributed by atoms with E-state index in [0.717, 1.165) is 29.6 Å². The van der Waals surface area contributed by atoms with Crippen molar-refractivity contribution in [2.45, 2.75) is 20.3 Å². The smallest absolute Gasteiger partial charge is 0.189 e. The summed E-state index contributed by atoms with van der Waals surface area (Å²) in [5, 5.41) is 0. The molecule has 0 unspecified atom stereocenters. The van der Waals surface area contributed by atoms with Gasteiger partial charge in [0.25, 0.3) is 0 Å². The fourth-order valence-corrected chi connectivity index (χ4v) is 1.70. The lowest BCUT2D eigenvalue weighted by Crippen LogP contribution is -2.05. The molecular formula is C17H24O4. The molecule has 0 amide bonds. The first-order valence-corrected chi connectivity index (χ1v) is 7.13. The Hall–Kier alpha value is -1.65. The number of carbonyl (C=O) groups excluding carboxylic acids is 1. The number of carbonyl (C=O) groups is 1. The van der Waals surface area contributed by atoms with Crippen molar-refractivity contribution in [3.63, 3.8) is 0 Å². The first-order valence-electron chi connectivity index (χ1n) is 7.13. The van der Waals surface area contributed by atoms with Gasteiger partial charge in [0, 0.05) is 13.7 Å². The van der Waals surface area contributed by atoms with Crippen LogP contribution < -0.4 is 4.74 Å². The number of aldehydes is 1. The third-order valence-electron chi connectivity index (χ3n) is 2.94. The quantitative estimate of drug-likeness (QED) is 0.287. The summed E-state index contributed by atoms with van der Waals surface area (Å²) in [6.07, 6.45) is 3.63. The molecule has 116 valence electrons. The van der Waals surface area contributed by atoms with Crippen LogP contribution in [0, 0.1) is 5.92 Å². The average Bonchev–Trinajstić information content (AvgIpc) is 2.48. The first kappa shape index (κ1) is 17.4. The van der Waals surface area contributed by atoms with Crippen LogP contribution in [-0.4, -0.2) is 33.4 Å². The number of methoxy groups -OCH3 is 1. The second-order valence-electron chi connectivity index (χ2n) is 5.01. The largest absolute Gasteiger partial charge is 0.468 e. The number of benzene rings is 1. The Morgan fingerprint density at radius 2 is 2.10 bits per heavy atom. The van der Waals surface area contributed by atoms with Gasteiger partial charge in [0.2, 0.25) is 0 Å². The molecule has 1 aromatic carbocycles. The lowest BCUT2D eigenvalue weighted by molar-refractivity contribution is -0.105. The van der Waals surface area contributed by atoms with Gasteiger partial charge >= 0.3 is 0 Å². The van der Waals surface area contributed by atoms with Crippen molar-refractivity contribution < 1.29 is 19.0 Å². The van der Waals surface area contributed by atoms with Gasteiger partial charge in [-0.3, -0.25) is 4.79 Å². The summed E-state index contributed by atoms with van der Waals surface area (Å²) in [4.78, 5) is 11.0. The molecule has 0 aromatic heterocycles. The molecule has 21 heavy (non-hydrogen) atoms. The van der Waals surface area contributed by atoms with Crippen LogP contribution in [0.2, 0.25) is 0 Å². The Balaban J connectivity index is 2.50. The predicted molar refractivity (Wildman–Crippen MR) is 83.3 cm³/mol. The second kappa shape index (κ2) is 10.1. The molecule has 4 nitrogen and oxygen atoms in total. The van der Waals surface area contributed by atoms with Crippen LogP contribution in [0.25, 0.3) is 6.08 Å². The Morgan fingerprint density at radius 3 is 2.76 bits per heavy atom. The minimum atomic E-state index is 0.205. The van der Waals surface area contributed by atoms with E-state index >= 15 is 0 Å². The molecule has 1 aromatic rings. The molecule has 0 N–H and O–H groups in total. The van der Waals surface area contributed by atoms with Crippen LogP contribution in [0.4, 0.5) is 0 Å². The molecule has 0 spiro atoms. The Labute approximate surface area is 126 Å². The maximum Gasteiger partial charge on any atom is 0.189 e. The summed E-state index contributed by atoms with van der Waals surface area (Å²) in [5.74, 6) is 0.931. The van der Waals surface area contributed by atoms with Crippen LogP contribution in [0.5, 0.6) is 5.75 Å². The van der Waals surface area contributed by atoms with E-state index in [-0.39, 0.29) is 12.7 Å². The van der Waals surface area contributed by atoms with Crippen molar-refractivity contribution in [3.05, 3.63) is 35.4 Å². The fraction of sp³-hybridized carbons (Fsp3) is 0.471. The third kappa shape index (κ3) is 7.06. The number of rotatable bonds is 10. The zero-order valence-electron chi connectivity index (χ0n) is 13.0. The molecule has 0 saturated carbocycles. The van der Waals surface area contributed by atoms with E-state index in [4.69, 9.17) is 14.2 Å². The van der Waals surface area contributed by atoms with E-state index < -0.39 is 0 Å². The van der Waals surface area contributed by atoms with Gasteiger partial charge in [0.05, 0.1) is 6.61 Å². The number of hydrogen-bond acceptors (Lipinski definition) is 4. The van der Waals surface area contributed by atoms with Crippen LogP contribution in [0.15, 0.2) is 29.8 Å². The highest BCUT2D eigenvalue weighted by atomic mass is 16.7. The molecule has 4 heteroatoms. The third-order valence-corrected chi connectivity index (χ3v) is 2.94. The SMILES string of the molecule is COCCCOCOc1cccc(C=C(C=O)C(C)C)c1. The molecular weight excluding hydrogens is 268 g/mol. The van der Waals surface area contributed by atoms with Gasteiger partial charge < -0.3 is 14.2 Å². The lowest BCUT2D eigenvalue weighted by atomic mass is 10.0. The van der Waals surface area contributed by atoms with Crippen LogP contribution in [0.3, 0.4) is 0 Å². The Morgan fingerprint density at radius 1 is 1.29 bits per heavy atom. The van der Waals surface area contributed by atoms with Gasteiger partial charge in [-0.1, -0.05) is 26.0 Å². The highest BCUT2D eigenvalue weighted by Gasteiger charge is 2.02. The predicted octanol–water partition coefficient (Wildman–Crippen LogP) is 3.31. The van der Waals surface area contributed by atoms with E-state index in [1.807, 2.05) is 44.2 Å². The van der Waals surface area contributed by atoms with E-state index in [2.05, 4.69) is 0 Å². The minimum Gasteiger partial charge on any atom is -0.468 e. The van der Waals surface area contributed by atoms with Crippen LogP contribution >= 0.6 is 0 Å². The summed E-state index contributed by atoms with van der Waals surface area (Å²) in [5.41, 5.74) is 1.71. The van der Waals surface area contributed by atoms with E-state index in [9.17, 15) is 4.79 Å². The highest BCUT2D eigenvalue weighted by Crippen LogP contribution is 2.18. The Bertz CT molecular complexity index is 452. The molecule has 0 fully saturated rings. The first-order chi connectivity index (χ1) is 10.2. The number of allylic oxidation sites excluding steroid dienone is 1. The van der Waals surface area contributed by atoms with Gasteiger partial charge in [-0.05, 0) is 41.7 Å². The van der Waals surface area contributed by atoms with Crippen molar-refractivity contribution in [1.82, 2.24) is 0 Å². The van der Waals surface area contributed by atoms with Gasteiger partial charge in [0.15, 0.2) is 6.79 Å². The average molecular weight is 292 g/mol. The Kier molecular flexibility index (Phi) is 8.40. The maximum absolute atomic E-state index is 11.0. The monoisotopic (exact) mass is 292 g/mol. The molecule has 0 aliphatic carbocycles. The molecule has 0 aliphatic heterocycles. The van der Waals surface area contributed by atoms with Gasteiger partial charge in [-0.15, -0.1) is 0 Å². The van der Waals surface area contributed by atoms with E-state index in [0.29, 0.717) is 13.2 Å². The minimum absolute atomic E-state index is 0.205. The molecule has 0 aliphatic rings. The van der Waals surface area contributed by atoms with Gasteiger partial charge in [-0.2, -0.15) is 0 Å². The molecule has 1 rings (SSSR count). The highest BCUT2D eigenvalue weighted by molar-refractivity contribution is 5.82. The van der Waals surface area contributed by atoms with Crippen molar-refractivity contribution in [3.8, 4) is 5.75 Å². The van der Waals surface area contributed by atoms with Crippen molar-refractivity contribution in [1.29, 1.82) is 0 Å². The normalized spacial score (nSPS) is 11.7. The van der Waals surface area contributed by atoms with E-state index in [1.54, 1.807) is 7.11 Å². The molecule has 0 saturated heterocycles. The summed E-state index contributed by atoms with van der Waals surface area (Å²) >= 11 is 0. The van der Waals surface area contributed by atoms with Crippen molar-refractivity contribution >= 4 is 12.4 Å². The topological polar surface area (TPSA) is 44.8 Å². The second-order valence-corrected chi connectivity index (χ2v) is 5.01. The summed E-state index contributed by atoms with van der Waals surface area (Å²) in [7, 11) is 1.67. The summed E-state index contributed by atoms with van der Waals surface area (Å²) < 4.78 is 15.8. The molecule has 0 radical (unpaired) electrons. The number of hydrogen-bond donors (Lipinski definition) is 0. The van der Waals surface area contributed by atoms with Crippen molar-refractivity contribution in [2.24, 2.45) is 5.92 Å². The standard InChI is InChI=1S/C17H24O4/c1-14(2)16(12-18)10-15-6-4-7-17(11-15)21-13-20-9-5-8-19-3/h4,6-7,10-12,14H,5,8-9,13H2,1-3H3. The van der Waals surface area contributed by atoms with Crippen LogP contribution in [0.1, 0.15) is 25.8 Å². The van der Waals surface area contributed by atoms with Crippen LogP contribution in [-0.2, 0) is 14.3 Å². The fourth-order valence-electron chi connectivity index (χ4n) is 1.70. The zero-order valence-corrected chi connectivity index (χ0v) is 13.0. The van der Waals surface area contributed by atoms with Gasteiger partial charge in [0.1, 0.15) is 12.0 Å². The zero-order chi connectivity index (χ0) is 15.5. The lowest BCUT2D eigenvalue weighted by Gasteiger charge is -2.08.